The van der Waals surface area contributed by atoms with E-state index in [-0.39, 0.29) is 30.9 Å². The molecule has 0 spiro atoms. The first-order chi connectivity index (χ1) is 4.30. The van der Waals surface area contributed by atoms with Crippen LogP contribution in [0, 0.1) is 0 Å². The number of halogens is 2. The van der Waals surface area contributed by atoms with Crippen LogP contribution < -0.4 is 11.5 Å². The van der Waals surface area contributed by atoms with Gasteiger partial charge in [0.25, 0.3) is 0 Å². The van der Waals surface area contributed by atoms with Crippen molar-refractivity contribution in [2.45, 2.75) is 25.3 Å². The lowest BCUT2D eigenvalue weighted by Crippen LogP contribution is -2.35. The van der Waals surface area contributed by atoms with Crippen molar-refractivity contribution in [3.8, 4) is 0 Å². The van der Waals surface area contributed by atoms with Gasteiger partial charge in [0.05, 0.1) is 6.04 Å². The molecule has 0 aromatic rings. The first-order valence-electron chi connectivity index (χ1n) is 3.36. The lowest BCUT2D eigenvalue weighted by molar-refractivity contribution is 0.678. The Morgan fingerprint density at radius 1 is 1.27 bits per heavy atom. The molecule has 1 aliphatic heterocycles. The zero-order chi connectivity index (χ0) is 6.69. The van der Waals surface area contributed by atoms with Gasteiger partial charge in [0.2, 0.25) is 0 Å². The zero-order valence-electron chi connectivity index (χ0n) is 6.32. The van der Waals surface area contributed by atoms with E-state index >= 15 is 0 Å². The SMILES string of the molecule is Cl.Cl.NC1=NCCCCC1N. The number of amidine groups is 1. The largest absolute Gasteiger partial charge is 0.386 e. The van der Waals surface area contributed by atoms with E-state index < -0.39 is 0 Å². The van der Waals surface area contributed by atoms with Crippen LogP contribution in [-0.4, -0.2) is 18.4 Å². The van der Waals surface area contributed by atoms with E-state index in [1.165, 1.54) is 0 Å². The molecular formula is C6H15Cl2N3. The Morgan fingerprint density at radius 3 is 2.55 bits per heavy atom. The van der Waals surface area contributed by atoms with Gasteiger partial charge in [-0.15, -0.1) is 24.8 Å². The number of rotatable bonds is 0. The summed E-state index contributed by atoms with van der Waals surface area (Å²) in [6, 6.07) is 0.0208. The van der Waals surface area contributed by atoms with Gasteiger partial charge in [0, 0.05) is 6.54 Å². The lowest BCUT2D eigenvalue weighted by atomic mass is 10.1. The summed E-state index contributed by atoms with van der Waals surface area (Å²) in [5.74, 6) is 0.632. The van der Waals surface area contributed by atoms with Crippen molar-refractivity contribution in [2.24, 2.45) is 16.5 Å². The normalized spacial score (nSPS) is 23.7. The van der Waals surface area contributed by atoms with Crippen molar-refractivity contribution >= 4 is 30.6 Å². The molecule has 0 saturated heterocycles. The first kappa shape index (κ1) is 13.6. The fourth-order valence-electron chi connectivity index (χ4n) is 0.949. The molecule has 1 rings (SSSR count). The van der Waals surface area contributed by atoms with Crippen molar-refractivity contribution in [2.75, 3.05) is 6.54 Å². The van der Waals surface area contributed by atoms with E-state index in [9.17, 15) is 0 Å². The Labute approximate surface area is 79.4 Å². The molecule has 0 aliphatic carbocycles. The van der Waals surface area contributed by atoms with Gasteiger partial charge in [-0.1, -0.05) is 0 Å². The van der Waals surface area contributed by atoms with Gasteiger partial charge in [0.15, 0.2) is 0 Å². The predicted molar refractivity (Wildman–Crippen MR) is 52.8 cm³/mol. The molecule has 68 valence electrons. The van der Waals surface area contributed by atoms with Crippen LogP contribution in [0.4, 0.5) is 0 Å². The molecule has 1 heterocycles. The second kappa shape index (κ2) is 6.70. The molecule has 3 nitrogen and oxygen atoms in total. The van der Waals surface area contributed by atoms with Crippen LogP contribution in [0.3, 0.4) is 0 Å². The summed E-state index contributed by atoms with van der Waals surface area (Å²) >= 11 is 0. The second-order valence-electron chi connectivity index (χ2n) is 2.41. The Balaban J connectivity index is 0. The van der Waals surface area contributed by atoms with Crippen molar-refractivity contribution in [3.63, 3.8) is 0 Å². The van der Waals surface area contributed by atoms with Gasteiger partial charge in [-0.2, -0.15) is 0 Å². The molecule has 0 aromatic heterocycles. The van der Waals surface area contributed by atoms with Crippen molar-refractivity contribution in [1.29, 1.82) is 0 Å². The Morgan fingerprint density at radius 2 is 1.91 bits per heavy atom. The van der Waals surface area contributed by atoms with Gasteiger partial charge in [-0.05, 0) is 19.3 Å². The molecule has 4 N–H and O–H groups in total. The van der Waals surface area contributed by atoms with E-state index in [1.54, 1.807) is 0 Å². The Kier molecular flexibility index (Phi) is 8.28. The molecule has 0 radical (unpaired) electrons. The van der Waals surface area contributed by atoms with Crippen molar-refractivity contribution in [1.82, 2.24) is 0 Å². The lowest BCUT2D eigenvalue weighted by Gasteiger charge is -2.05. The summed E-state index contributed by atoms with van der Waals surface area (Å²) in [7, 11) is 0. The third kappa shape index (κ3) is 4.45. The van der Waals surface area contributed by atoms with Crippen LogP contribution in [-0.2, 0) is 0 Å². The van der Waals surface area contributed by atoms with E-state index in [0.29, 0.717) is 5.84 Å². The average Bonchev–Trinajstić information content (AvgIpc) is 1.99. The molecule has 0 fully saturated rings. The molecule has 1 aliphatic rings. The van der Waals surface area contributed by atoms with Crippen LogP contribution in [0.15, 0.2) is 4.99 Å². The van der Waals surface area contributed by atoms with Gasteiger partial charge in [-0.3, -0.25) is 4.99 Å². The molecule has 1 atom stereocenters. The third-order valence-corrected chi connectivity index (χ3v) is 1.60. The highest BCUT2D eigenvalue weighted by molar-refractivity contribution is 5.86. The monoisotopic (exact) mass is 199 g/mol. The third-order valence-electron chi connectivity index (χ3n) is 1.60. The van der Waals surface area contributed by atoms with E-state index in [1.807, 2.05) is 0 Å². The Bertz CT molecular complexity index is 127. The van der Waals surface area contributed by atoms with Gasteiger partial charge < -0.3 is 11.5 Å². The van der Waals surface area contributed by atoms with E-state index in [2.05, 4.69) is 4.99 Å². The maximum absolute atomic E-state index is 5.62. The maximum atomic E-state index is 5.62. The van der Waals surface area contributed by atoms with Crippen LogP contribution >= 0.6 is 24.8 Å². The highest BCUT2D eigenvalue weighted by Gasteiger charge is 2.08. The molecule has 0 bridgehead atoms. The summed E-state index contributed by atoms with van der Waals surface area (Å²) in [5.41, 5.74) is 11.1. The molecule has 0 aromatic carbocycles. The first-order valence-corrected chi connectivity index (χ1v) is 3.36. The predicted octanol–water partition coefficient (Wildman–Crippen LogP) is 0.698. The molecule has 5 heteroatoms. The molecule has 0 saturated carbocycles. The zero-order valence-corrected chi connectivity index (χ0v) is 7.96. The van der Waals surface area contributed by atoms with E-state index in [0.717, 1.165) is 25.8 Å². The molecular weight excluding hydrogens is 185 g/mol. The smallest absolute Gasteiger partial charge is 0.111 e. The van der Waals surface area contributed by atoms with Crippen LogP contribution in [0.2, 0.25) is 0 Å². The van der Waals surface area contributed by atoms with Gasteiger partial charge in [-0.25, -0.2) is 0 Å². The minimum Gasteiger partial charge on any atom is -0.386 e. The summed E-state index contributed by atoms with van der Waals surface area (Å²) in [4.78, 5) is 4.07. The van der Waals surface area contributed by atoms with Crippen LogP contribution in [0.1, 0.15) is 19.3 Å². The fraction of sp³-hybridized carbons (Fsp3) is 0.833. The molecule has 1 unspecified atom stereocenters. The Hall–Kier alpha value is 0.01000. The number of nitrogens with two attached hydrogens (primary N) is 2. The highest BCUT2D eigenvalue weighted by atomic mass is 35.5. The average molecular weight is 200 g/mol. The number of aliphatic imine (C=N–C) groups is 1. The van der Waals surface area contributed by atoms with Crippen molar-refractivity contribution in [3.05, 3.63) is 0 Å². The molecule has 11 heavy (non-hydrogen) atoms. The number of nitrogens with zero attached hydrogens (tertiary/aromatic N) is 1. The van der Waals surface area contributed by atoms with Gasteiger partial charge >= 0.3 is 0 Å². The quantitative estimate of drug-likeness (QED) is 0.604. The molecule has 0 amide bonds. The number of hydrogen-bond donors (Lipinski definition) is 2. The highest BCUT2D eigenvalue weighted by Crippen LogP contribution is 2.03. The summed E-state index contributed by atoms with van der Waals surface area (Å²) < 4.78 is 0. The minimum atomic E-state index is 0. The van der Waals surface area contributed by atoms with E-state index in [4.69, 9.17) is 11.5 Å². The topological polar surface area (TPSA) is 64.4 Å². The minimum absolute atomic E-state index is 0. The fourth-order valence-corrected chi connectivity index (χ4v) is 0.949. The van der Waals surface area contributed by atoms with Crippen LogP contribution in [0.5, 0.6) is 0 Å². The second-order valence-corrected chi connectivity index (χ2v) is 2.41. The van der Waals surface area contributed by atoms with Crippen molar-refractivity contribution < 1.29 is 0 Å². The van der Waals surface area contributed by atoms with Crippen LogP contribution in [0.25, 0.3) is 0 Å². The number of hydrogen-bond acceptors (Lipinski definition) is 3. The summed E-state index contributed by atoms with van der Waals surface area (Å²) in [6.45, 7) is 0.861. The van der Waals surface area contributed by atoms with Gasteiger partial charge in [0.1, 0.15) is 5.84 Å². The summed E-state index contributed by atoms with van der Waals surface area (Å²) in [6.07, 6.45) is 3.29. The standard InChI is InChI=1S/C6H13N3.2ClH/c7-5-3-1-2-4-9-6(5)8;;/h5H,1-4,7H2,(H2,8,9);2*1H. The summed E-state index contributed by atoms with van der Waals surface area (Å²) in [5, 5.41) is 0. The maximum Gasteiger partial charge on any atom is 0.111 e.